The van der Waals surface area contributed by atoms with E-state index in [0.29, 0.717) is 17.0 Å². The highest BCUT2D eigenvalue weighted by molar-refractivity contribution is 7.92. The number of nitrogens with one attached hydrogen (secondary N) is 1. The SMILES string of the molecule is COc1ccccc1[C@H](C)N(C)C(=O)c1cccc(NS(C)(=O)=O)c1. The van der Waals surface area contributed by atoms with Gasteiger partial charge in [-0.15, -0.1) is 0 Å². The molecule has 0 fully saturated rings. The minimum atomic E-state index is -3.40. The molecule has 0 spiro atoms. The molecule has 0 aliphatic carbocycles. The quantitative estimate of drug-likeness (QED) is 0.857. The molecule has 134 valence electrons. The van der Waals surface area contributed by atoms with Gasteiger partial charge in [-0.25, -0.2) is 8.42 Å². The van der Waals surface area contributed by atoms with Gasteiger partial charge in [-0.05, 0) is 31.2 Å². The Bertz CT molecular complexity index is 865. The number of hydrogen-bond donors (Lipinski definition) is 1. The van der Waals surface area contributed by atoms with E-state index >= 15 is 0 Å². The predicted octanol–water partition coefficient (Wildman–Crippen LogP) is 2.90. The van der Waals surface area contributed by atoms with Crippen LogP contribution in [0.15, 0.2) is 48.5 Å². The Balaban J connectivity index is 2.26. The summed E-state index contributed by atoms with van der Waals surface area (Å²) in [6.07, 6.45) is 1.07. The third-order valence-electron chi connectivity index (χ3n) is 3.90. The maximum absolute atomic E-state index is 12.8. The van der Waals surface area contributed by atoms with E-state index in [4.69, 9.17) is 4.74 Å². The predicted molar refractivity (Wildman–Crippen MR) is 98.4 cm³/mol. The molecule has 0 heterocycles. The summed E-state index contributed by atoms with van der Waals surface area (Å²) in [4.78, 5) is 14.4. The molecule has 6 nitrogen and oxygen atoms in total. The molecule has 0 saturated heterocycles. The minimum Gasteiger partial charge on any atom is -0.496 e. The molecule has 0 saturated carbocycles. The van der Waals surface area contributed by atoms with Crippen LogP contribution in [0, 0.1) is 0 Å². The third-order valence-corrected chi connectivity index (χ3v) is 4.51. The number of amides is 1. The van der Waals surface area contributed by atoms with E-state index in [0.717, 1.165) is 11.8 Å². The van der Waals surface area contributed by atoms with Crippen LogP contribution in [-0.4, -0.2) is 39.6 Å². The van der Waals surface area contributed by atoms with Crippen LogP contribution in [0.5, 0.6) is 5.75 Å². The Kier molecular flexibility index (Phi) is 5.69. The number of carbonyl (C=O) groups is 1. The number of ether oxygens (including phenoxy) is 1. The van der Waals surface area contributed by atoms with Crippen LogP contribution >= 0.6 is 0 Å². The van der Waals surface area contributed by atoms with Gasteiger partial charge in [0, 0.05) is 23.9 Å². The second-order valence-corrected chi connectivity index (χ2v) is 7.54. The van der Waals surface area contributed by atoms with Gasteiger partial charge >= 0.3 is 0 Å². The fourth-order valence-corrected chi connectivity index (χ4v) is 3.08. The summed E-state index contributed by atoms with van der Waals surface area (Å²) in [5, 5.41) is 0. The molecule has 2 aromatic carbocycles. The number of para-hydroxylation sites is 1. The topological polar surface area (TPSA) is 75.7 Å². The zero-order valence-corrected chi connectivity index (χ0v) is 15.5. The van der Waals surface area contributed by atoms with E-state index in [1.54, 1.807) is 37.3 Å². The highest BCUT2D eigenvalue weighted by Gasteiger charge is 2.21. The molecule has 7 heteroatoms. The van der Waals surface area contributed by atoms with Crippen molar-refractivity contribution in [3.05, 3.63) is 59.7 Å². The van der Waals surface area contributed by atoms with Crippen molar-refractivity contribution < 1.29 is 17.9 Å². The first kappa shape index (κ1) is 18.8. The van der Waals surface area contributed by atoms with Crippen molar-refractivity contribution in [2.24, 2.45) is 0 Å². The van der Waals surface area contributed by atoms with Crippen LogP contribution in [0.25, 0.3) is 0 Å². The summed E-state index contributed by atoms with van der Waals surface area (Å²) in [5.41, 5.74) is 1.65. The maximum atomic E-state index is 12.8. The average molecular weight is 362 g/mol. The molecule has 1 N–H and O–H groups in total. The van der Waals surface area contributed by atoms with E-state index in [1.807, 2.05) is 31.2 Å². The normalized spacial score (nSPS) is 12.3. The second kappa shape index (κ2) is 7.57. The van der Waals surface area contributed by atoms with Gasteiger partial charge in [0.05, 0.1) is 19.4 Å². The zero-order chi connectivity index (χ0) is 18.6. The Hall–Kier alpha value is -2.54. The second-order valence-electron chi connectivity index (χ2n) is 5.79. The van der Waals surface area contributed by atoms with Gasteiger partial charge in [0.25, 0.3) is 5.91 Å². The van der Waals surface area contributed by atoms with Crippen LogP contribution in [0.3, 0.4) is 0 Å². The standard InChI is InChI=1S/C18H22N2O4S/c1-13(16-10-5-6-11-17(16)24-3)20(2)18(21)14-8-7-9-15(12-14)19-25(4,22)23/h5-13,19H,1-4H3/t13-/m0/s1. The Morgan fingerprint density at radius 3 is 2.48 bits per heavy atom. The lowest BCUT2D eigenvalue weighted by atomic mass is 10.0. The largest absolute Gasteiger partial charge is 0.496 e. The summed E-state index contributed by atoms with van der Waals surface area (Å²) in [7, 11) is -0.104. The molecule has 2 aromatic rings. The molecule has 0 aliphatic heterocycles. The highest BCUT2D eigenvalue weighted by atomic mass is 32.2. The van der Waals surface area contributed by atoms with E-state index in [2.05, 4.69) is 4.72 Å². The number of hydrogen-bond acceptors (Lipinski definition) is 4. The van der Waals surface area contributed by atoms with Crippen LogP contribution in [-0.2, 0) is 10.0 Å². The van der Waals surface area contributed by atoms with Crippen molar-refractivity contribution in [3.63, 3.8) is 0 Å². The summed E-state index contributed by atoms with van der Waals surface area (Å²) >= 11 is 0. The number of nitrogens with zero attached hydrogens (tertiary/aromatic N) is 1. The number of anilines is 1. The van der Waals surface area contributed by atoms with Gasteiger partial charge in [0.15, 0.2) is 0 Å². The number of rotatable bonds is 6. The number of methoxy groups -OCH3 is 1. The molecule has 0 bridgehead atoms. The van der Waals surface area contributed by atoms with Gasteiger partial charge in [0.1, 0.15) is 5.75 Å². The van der Waals surface area contributed by atoms with Crippen molar-refractivity contribution in [3.8, 4) is 5.75 Å². The maximum Gasteiger partial charge on any atom is 0.254 e. The minimum absolute atomic E-state index is 0.212. The molecule has 25 heavy (non-hydrogen) atoms. The highest BCUT2D eigenvalue weighted by Crippen LogP contribution is 2.29. The van der Waals surface area contributed by atoms with Gasteiger partial charge < -0.3 is 9.64 Å². The van der Waals surface area contributed by atoms with E-state index in [1.165, 1.54) is 6.07 Å². The average Bonchev–Trinajstić information content (AvgIpc) is 2.58. The summed E-state index contributed by atoms with van der Waals surface area (Å²) < 4.78 is 30.5. The van der Waals surface area contributed by atoms with Crippen LogP contribution in [0.4, 0.5) is 5.69 Å². The number of benzene rings is 2. The lowest BCUT2D eigenvalue weighted by molar-refractivity contribution is 0.0741. The lowest BCUT2D eigenvalue weighted by Gasteiger charge is -2.26. The lowest BCUT2D eigenvalue weighted by Crippen LogP contribution is -2.30. The first-order valence-electron chi connectivity index (χ1n) is 7.71. The summed E-state index contributed by atoms with van der Waals surface area (Å²) in [6.45, 7) is 1.91. The fourth-order valence-electron chi connectivity index (χ4n) is 2.53. The summed E-state index contributed by atoms with van der Waals surface area (Å²) in [6, 6.07) is 13.7. The molecule has 1 atom stereocenters. The Labute approximate surface area is 148 Å². The fraction of sp³-hybridized carbons (Fsp3) is 0.278. The van der Waals surface area contributed by atoms with Crippen molar-refractivity contribution in [1.29, 1.82) is 0 Å². The van der Waals surface area contributed by atoms with E-state index in [-0.39, 0.29) is 11.9 Å². The molecule has 1 amide bonds. The molecule has 0 radical (unpaired) electrons. The van der Waals surface area contributed by atoms with Crippen LogP contribution in [0.1, 0.15) is 28.9 Å². The third kappa shape index (κ3) is 4.73. The first-order valence-corrected chi connectivity index (χ1v) is 9.60. The van der Waals surface area contributed by atoms with Gasteiger partial charge in [-0.3, -0.25) is 9.52 Å². The monoisotopic (exact) mass is 362 g/mol. The first-order chi connectivity index (χ1) is 11.7. The summed E-state index contributed by atoms with van der Waals surface area (Å²) in [5.74, 6) is 0.498. The van der Waals surface area contributed by atoms with Gasteiger partial charge in [0.2, 0.25) is 10.0 Å². The van der Waals surface area contributed by atoms with E-state index < -0.39 is 10.0 Å². The van der Waals surface area contributed by atoms with Crippen LogP contribution in [0.2, 0.25) is 0 Å². The van der Waals surface area contributed by atoms with E-state index in [9.17, 15) is 13.2 Å². The zero-order valence-electron chi connectivity index (χ0n) is 14.7. The molecule has 0 aromatic heterocycles. The number of carbonyl (C=O) groups excluding carboxylic acids is 1. The van der Waals surface area contributed by atoms with Crippen molar-refractivity contribution in [2.75, 3.05) is 25.1 Å². The Morgan fingerprint density at radius 1 is 1.16 bits per heavy atom. The molecular weight excluding hydrogens is 340 g/mol. The van der Waals surface area contributed by atoms with Crippen LogP contribution < -0.4 is 9.46 Å². The smallest absolute Gasteiger partial charge is 0.254 e. The van der Waals surface area contributed by atoms with Crippen molar-refractivity contribution >= 4 is 21.6 Å². The van der Waals surface area contributed by atoms with Gasteiger partial charge in [-0.1, -0.05) is 24.3 Å². The van der Waals surface area contributed by atoms with Crippen molar-refractivity contribution in [2.45, 2.75) is 13.0 Å². The molecule has 0 unspecified atom stereocenters. The number of sulfonamides is 1. The Morgan fingerprint density at radius 2 is 1.84 bits per heavy atom. The molecule has 2 rings (SSSR count). The van der Waals surface area contributed by atoms with Crippen molar-refractivity contribution in [1.82, 2.24) is 4.90 Å². The molecule has 0 aliphatic rings. The molecular formula is C18H22N2O4S. The van der Waals surface area contributed by atoms with Gasteiger partial charge in [-0.2, -0.15) is 0 Å².